The molecule has 0 spiro atoms. The van der Waals surface area contributed by atoms with Crippen LogP contribution in [0.1, 0.15) is 11.3 Å². The predicted octanol–water partition coefficient (Wildman–Crippen LogP) is 5.83. The molecule has 0 fully saturated rings. The van der Waals surface area contributed by atoms with Gasteiger partial charge in [0, 0.05) is 17.3 Å². The van der Waals surface area contributed by atoms with Crippen molar-refractivity contribution in [1.82, 2.24) is 9.97 Å². The highest BCUT2D eigenvalue weighted by Gasteiger charge is 2.13. The normalized spacial score (nSPS) is 10.5. The maximum Gasteiger partial charge on any atom is 0.227 e. The van der Waals surface area contributed by atoms with E-state index in [0.29, 0.717) is 18.2 Å². The Kier molecular flexibility index (Phi) is 5.90. The van der Waals surface area contributed by atoms with Crippen LogP contribution in [-0.4, -0.2) is 17.1 Å². The third kappa shape index (κ3) is 4.58. The quantitative estimate of drug-likeness (QED) is 0.392. The molecular weight excluding hydrogens is 376 g/mol. The van der Waals surface area contributed by atoms with E-state index in [2.05, 4.69) is 9.97 Å². The van der Waals surface area contributed by atoms with Crippen molar-refractivity contribution in [1.29, 1.82) is 0 Å². The minimum absolute atomic E-state index is 0.389. The van der Waals surface area contributed by atoms with Gasteiger partial charge in [-0.2, -0.15) is 0 Å². The van der Waals surface area contributed by atoms with Crippen LogP contribution in [0, 0.1) is 6.92 Å². The first-order chi connectivity index (χ1) is 14.7. The number of pyridine rings is 2. The Labute approximate surface area is 175 Å². The smallest absolute Gasteiger partial charge is 0.227 e. The molecule has 0 saturated heterocycles. The Hall–Kier alpha value is -3.86. The molecule has 0 aliphatic rings. The van der Waals surface area contributed by atoms with E-state index in [1.165, 1.54) is 0 Å². The van der Waals surface area contributed by atoms with Crippen molar-refractivity contribution in [2.24, 2.45) is 0 Å². The van der Waals surface area contributed by atoms with Crippen molar-refractivity contribution in [3.05, 3.63) is 96.4 Å². The molecule has 0 radical (unpaired) electrons. The molecule has 4 aromatic rings. The molecule has 150 valence electrons. The second kappa shape index (κ2) is 9.09. The van der Waals surface area contributed by atoms with E-state index in [0.717, 1.165) is 33.9 Å². The summed E-state index contributed by atoms with van der Waals surface area (Å²) in [6, 6.07) is 23.3. The summed E-state index contributed by atoms with van der Waals surface area (Å²) < 4.78 is 17.3. The number of aromatic nitrogens is 2. The second-order valence-corrected chi connectivity index (χ2v) is 6.75. The van der Waals surface area contributed by atoms with Crippen LogP contribution in [0.2, 0.25) is 0 Å². The van der Waals surface area contributed by atoms with Gasteiger partial charge < -0.3 is 14.2 Å². The van der Waals surface area contributed by atoms with Crippen LogP contribution < -0.4 is 14.2 Å². The lowest BCUT2D eigenvalue weighted by atomic mass is 10.1. The van der Waals surface area contributed by atoms with Gasteiger partial charge in [-0.15, -0.1) is 0 Å². The van der Waals surface area contributed by atoms with Crippen LogP contribution >= 0.6 is 0 Å². The van der Waals surface area contributed by atoms with Gasteiger partial charge in [-0.05, 0) is 55.0 Å². The average molecular weight is 398 g/mol. The number of hydrogen-bond acceptors (Lipinski definition) is 5. The third-order valence-corrected chi connectivity index (χ3v) is 4.56. The van der Waals surface area contributed by atoms with Gasteiger partial charge in [-0.3, -0.25) is 4.98 Å². The summed E-state index contributed by atoms with van der Waals surface area (Å²) >= 11 is 0. The van der Waals surface area contributed by atoms with Crippen LogP contribution in [0.25, 0.3) is 11.1 Å². The van der Waals surface area contributed by atoms with Gasteiger partial charge in [0.05, 0.1) is 19.0 Å². The number of methoxy groups -OCH3 is 1. The number of aryl methyl sites for hydroxylation is 1. The van der Waals surface area contributed by atoms with E-state index in [4.69, 9.17) is 14.2 Å². The minimum Gasteiger partial charge on any atom is -0.496 e. The molecule has 0 N–H and O–H groups in total. The highest BCUT2D eigenvalue weighted by molar-refractivity contribution is 5.74. The van der Waals surface area contributed by atoms with E-state index in [1.807, 2.05) is 79.7 Å². The highest BCUT2D eigenvalue weighted by Crippen LogP contribution is 2.36. The molecule has 0 amide bonds. The lowest BCUT2D eigenvalue weighted by Gasteiger charge is -2.13. The van der Waals surface area contributed by atoms with Crippen LogP contribution in [0.4, 0.5) is 0 Å². The third-order valence-electron chi connectivity index (χ3n) is 4.56. The van der Waals surface area contributed by atoms with Gasteiger partial charge in [0.2, 0.25) is 5.88 Å². The Morgan fingerprint density at radius 3 is 2.47 bits per heavy atom. The minimum atomic E-state index is 0.389. The number of rotatable bonds is 7. The van der Waals surface area contributed by atoms with Crippen molar-refractivity contribution in [3.8, 4) is 34.3 Å². The lowest BCUT2D eigenvalue weighted by molar-refractivity contribution is 0.301. The average Bonchev–Trinajstić information content (AvgIpc) is 2.79. The van der Waals surface area contributed by atoms with Gasteiger partial charge in [0.25, 0.3) is 0 Å². The molecule has 0 atom stereocenters. The Bertz CT molecular complexity index is 1130. The highest BCUT2D eigenvalue weighted by atomic mass is 16.5. The van der Waals surface area contributed by atoms with Crippen LogP contribution in [-0.2, 0) is 6.61 Å². The van der Waals surface area contributed by atoms with E-state index < -0.39 is 0 Å². The lowest BCUT2D eigenvalue weighted by Crippen LogP contribution is -1.99. The number of ether oxygens (including phenoxy) is 3. The fraction of sp³-hybridized carbons (Fsp3) is 0.120. The Balaban J connectivity index is 1.49. The van der Waals surface area contributed by atoms with Crippen molar-refractivity contribution in [2.75, 3.05) is 7.11 Å². The number of para-hydroxylation sites is 1. The molecule has 0 aliphatic heterocycles. The summed E-state index contributed by atoms with van der Waals surface area (Å²) in [6.45, 7) is 2.42. The topological polar surface area (TPSA) is 53.5 Å². The molecule has 4 rings (SSSR count). The maximum absolute atomic E-state index is 6.03. The van der Waals surface area contributed by atoms with Crippen molar-refractivity contribution < 1.29 is 14.2 Å². The molecule has 2 aromatic heterocycles. The molecule has 30 heavy (non-hydrogen) atoms. The van der Waals surface area contributed by atoms with E-state index in [9.17, 15) is 0 Å². The van der Waals surface area contributed by atoms with Gasteiger partial charge in [0.15, 0.2) is 0 Å². The summed E-state index contributed by atoms with van der Waals surface area (Å²) in [5, 5.41) is 0. The van der Waals surface area contributed by atoms with Crippen LogP contribution in [0.3, 0.4) is 0 Å². The Morgan fingerprint density at radius 2 is 1.67 bits per heavy atom. The van der Waals surface area contributed by atoms with E-state index in [-0.39, 0.29) is 0 Å². The summed E-state index contributed by atoms with van der Waals surface area (Å²) in [4.78, 5) is 8.85. The van der Waals surface area contributed by atoms with Gasteiger partial charge in [-0.25, -0.2) is 4.98 Å². The second-order valence-electron chi connectivity index (χ2n) is 6.75. The molecule has 0 saturated carbocycles. The van der Waals surface area contributed by atoms with Crippen molar-refractivity contribution in [2.45, 2.75) is 13.5 Å². The van der Waals surface area contributed by atoms with Gasteiger partial charge >= 0.3 is 0 Å². The fourth-order valence-electron chi connectivity index (χ4n) is 3.07. The summed E-state index contributed by atoms with van der Waals surface area (Å²) in [7, 11) is 1.65. The molecule has 2 heterocycles. The van der Waals surface area contributed by atoms with Crippen LogP contribution in [0.15, 0.2) is 85.2 Å². The van der Waals surface area contributed by atoms with Crippen LogP contribution in [0.5, 0.6) is 23.1 Å². The van der Waals surface area contributed by atoms with Gasteiger partial charge in [0.1, 0.15) is 23.9 Å². The van der Waals surface area contributed by atoms with Gasteiger partial charge in [-0.1, -0.05) is 30.3 Å². The summed E-state index contributed by atoms with van der Waals surface area (Å²) in [5.74, 6) is 2.68. The Morgan fingerprint density at radius 1 is 0.800 bits per heavy atom. The molecule has 0 unspecified atom stereocenters. The summed E-state index contributed by atoms with van der Waals surface area (Å²) in [5.41, 5.74) is 3.74. The number of nitrogens with zero attached hydrogens (tertiary/aromatic N) is 2. The zero-order valence-corrected chi connectivity index (χ0v) is 16.9. The van der Waals surface area contributed by atoms with E-state index in [1.54, 1.807) is 19.5 Å². The standard InChI is InChI=1S/C25H22N2O3/c1-18-7-5-8-20(15-18)29-17-19-12-13-21(16-27-19)30-25-23(10-6-14-26-25)22-9-3-4-11-24(22)28-2/h3-16H,17H2,1-2H3. The first-order valence-electron chi connectivity index (χ1n) is 9.63. The fourth-order valence-corrected chi connectivity index (χ4v) is 3.07. The number of hydrogen-bond donors (Lipinski definition) is 0. The molecule has 0 bridgehead atoms. The molecule has 5 nitrogen and oxygen atoms in total. The summed E-state index contributed by atoms with van der Waals surface area (Å²) in [6.07, 6.45) is 3.38. The first-order valence-corrected chi connectivity index (χ1v) is 9.63. The molecular formula is C25H22N2O3. The first kappa shape index (κ1) is 19.5. The zero-order valence-electron chi connectivity index (χ0n) is 16.9. The SMILES string of the molecule is COc1ccccc1-c1cccnc1Oc1ccc(COc2cccc(C)c2)nc1. The maximum atomic E-state index is 6.03. The molecule has 2 aromatic carbocycles. The number of benzene rings is 2. The monoisotopic (exact) mass is 398 g/mol. The largest absolute Gasteiger partial charge is 0.496 e. The van der Waals surface area contributed by atoms with Crippen molar-refractivity contribution in [3.63, 3.8) is 0 Å². The van der Waals surface area contributed by atoms with Crippen molar-refractivity contribution >= 4 is 0 Å². The zero-order chi connectivity index (χ0) is 20.8. The predicted molar refractivity (Wildman–Crippen MR) is 116 cm³/mol. The molecule has 5 heteroatoms. The molecule has 0 aliphatic carbocycles. The van der Waals surface area contributed by atoms with E-state index >= 15 is 0 Å².